The highest BCUT2D eigenvalue weighted by Gasteiger charge is 2.29. The standard InChI is InChI=1S/C32H37N7O4/c1-43-32(42)26-12-10-23(11-13-26)22-6-2-20(3-7-22)18-28(35-30(40)25-8-4-21(19-33)5-9-25)31(41)34-27-16-14-24(15-17-27)29-36-38-39-37-29/h2-3,6-7,10-17,21,25,28,31,34,41H,4-5,8-9,18-19,33H2,1H3,(H,35,40)(H,36,37,38,39). The van der Waals surface area contributed by atoms with E-state index >= 15 is 0 Å². The number of aromatic amines is 1. The second-order valence-corrected chi connectivity index (χ2v) is 10.9. The molecule has 1 aliphatic carbocycles. The lowest BCUT2D eigenvalue weighted by Gasteiger charge is -2.31. The first-order chi connectivity index (χ1) is 20.9. The average molecular weight is 584 g/mol. The second kappa shape index (κ2) is 14.0. The van der Waals surface area contributed by atoms with Gasteiger partial charge in [-0.2, -0.15) is 5.21 Å². The minimum Gasteiger partial charge on any atom is -0.465 e. The number of nitrogens with two attached hydrogens (primary N) is 1. The van der Waals surface area contributed by atoms with Crippen LogP contribution in [0.1, 0.15) is 41.6 Å². The molecule has 1 fully saturated rings. The fourth-order valence-electron chi connectivity index (χ4n) is 5.48. The molecule has 11 heteroatoms. The van der Waals surface area contributed by atoms with Crippen molar-refractivity contribution in [2.24, 2.45) is 17.6 Å². The third-order valence-electron chi connectivity index (χ3n) is 8.11. The predicted molar refractivity (Wildman–Crippen MR) is 163 cm³/mol. The number of esters is 1. The van der Waals surface area contributed by atoms with Crippen LogP contribution >= 0.6 is 0 Å². The van der Waals surface area contributed by atoms with Gasteiger partial charge in [-0.25, -0.2) is 4.79 Å². The van der Waals surface area contributed by atoms with Gasteiger partial charge in [-0.1, -0.05) is 36.4 Å². The summed E-state index contributed by atoms with van der Waals surface area (Å²) in [6.07, 6.45) is 2.84. The molecular weight excluding hydrogens is 546 g/mol. The van der Waals surface area contributed by atoms with Crippen LogP contribution in [0, 0.1) is 11.8 Å². The number of benzene rings is 3. The van der Waals surface area contributed by atoms with Crippen LogP contribution in [0.15, 0.2) is 72.8 Å². The fraction of sp³-hybridized carbons (Fsp3) is 0.344. The lowest BCUT2D eigenvalue weighted by molar-refractivity contribution is -0.127. The van der Waals surface area contributed by atoms with Gasteiger partial charge < -0.3 is 26.2 Å². The summed E-state index contributed by atoms with van der Waals surface area (Å²) >= 11 is 0. The van der Waals surface area contributed by atoms with Crippen molar-refractivity contribution in [2.45, 2.75) is 44.4 Å². The second-order valence-electron chi connectivity index (χ2n) is 10.9. The van der Waals surface area contributed by atoms with E-state index in [9.17, 15) is 14.7 Å². The summed E-state index contributed by atoms with van der Waals surface area (Å²) in [6, 6.07) is 21.9. The number of tetrazole rings is 1. The third-order valence-corrected chi connectivity index (χ3v) is 8.11. The molecule has 5 rings (SSSR count). The van der Waals surface area contributed by atoms with Crippen LogP contribution in [0.25, 0.3) is 22.5 Å². The minimum absolute atomic E-state index is 0.0453. The van der Waals surface area contributed by atoms with E-state index in [-0.39, 0.29) is 17.8 Å². The average Bonchev–Trinajstić information content (AvgIpc) is 3.60. The first-order valence-corrected chi connectivity index (χ1v) is 14.5. The van der Waals surface area contributed by atoms with E-state index in [0.29, 0.717) is 36.0 Å². The summed E-state index contributed by atoms with van der Waals surface area (Å²) in [5.74, 6) is 0.429. The zero-order chi connectivity index (χ0) is 30.2. The van der Waals surface area contributed by atoms with Crippen LogP contribution in [0.4, 0.5) is 5.69 Å². The molecule has 0 bridgehead atoms. The fourth-order valence-corrected chi connectivity index (χ4v) is 5.48. The van der Waals surface area contributed by atoms with E-state index < -0.39 is 12.3 Å². The van der Waals surface area contributed by atoms with Crippen LogP contribution in [0.2, 0.25) is 0 Å². The van der Waals surface area contributed by atoms with Crippen molar-refractivity contribution < 1.29 is 19.4 Å². The molecule has 224 valence electrons. The van der Waals surface area contributed by atoms with Crippen molar-refractivity contribution in [3.63, 3.8) is 0 Å². The molecule has 2 atom stereocenters. The van der Waals surface area contributed by atoms with Gasteiger partial charge in [0.1, 0.15) is 6.23 Å². The van der Waals surface area contributed by atoms with Gasteiger partial charge >= 0.3 is 5.97 Å². The van der Waals surface area contributed by atoms with Gasteiger partial charge in [0.25, 0.3) is 0 Å². The zero-order valence-corrected chi connectivity index (χ0v) is 24.1. The van der Waals surface area contributed by atoms with E-state index in [2.05, 4.69) is 31.3 Å². The Hall–Kier alpha value is -4.61. The predicted octanol–water partition coefficient (Wildman–Crippen LogP) is 3.54. The van der Waals surface area contributed by atoms with Gasteiger partial charge in [-0.05, 0) is 103 Å². The van der Waals surface area contributed by atoms with Crippen molar-refractivity contribution in [2.75, 3.05) is 19.0 Å². The van der Waals surface area contributed by atoms with E-state index in [1.807, 2.05) is 60.7 Å². The number of hydrogen-bond donors (Lipinski definition) is 5. The number of ether oxygens (including phenoxy) is 1. The van der Waals surface area contributed by atoms with Gasteiger partial charge in [0.05, 0.1) is 18.7 Å². The molecule has 1 saturated carbocycles. The maximum Gasteiger partial charge on any atom is 0.337 e. The van der Waals surface area contributed by atoms with Gasteiger partial charge in [-0.15, -0.1) is 10.2 Å². The van der Waals surface area contributed by atoms with E-state index in [0.717, 1.165) is 47.9 Å². The number of nitrogens with zero attached hydrogens (tertiary/aromatic N) is 3. The van der Waals surface area contributed by atoms with Gasteiger partial charge in [0.2, 0.25) is 11.7 Å². The molecule has 1 aromatic heterocycles. The van der Waals surface area contributed by atoms with Crippen LogP contribution < -0.4 is 16.4 Å². The Labute approximate surface area is 250 Å². The number of nitrogens with one attached hydrogen (secondary N) is 3. The number of aliphatic hydroxyl groups is 1. The number of anilines is 1. The number of H-pyrrole nitrogens is 1. The Morgan fingerprint density at radius 2 is 1.58 bits per heavy atom. The van der Waals surface area contributed by atoms with Crippen molar-refractivity contribution in [3.8, 4) is 22.5 Å². The van der Waals surface area contributed by atoms with Crippen molar-refractivity contribution in [1.29, 1.82) is 0 Å². The van der Waals surface area contributed by atoms with Crippen molar-refractivity contribution in [1.82, 2.24) is 25.9 Å². The molecule has 0 aliphatic heterocycles. The minimum atomic E-state index is -1.05. The Morgan fingerprint density at radius 3 is 2.16 bits per heavy atom. The largest absolute Gasteiger partial charge is 0.465 e. The van der Waals surface area contributed by atoms with E-state index in [4.69, 9.17) is 10.5 Å². The molecule has 0 spiro atoms. The highest BCUT2D eigenvalue weighted by atomic mass is 16.5. The number of carbonyl (C=O) groups excluding carboxylic acids is 2. The number of carbonyl (C=O) groups is 2. The van der Waals surface area contributed by atoms with Crippen LogP contribution in [0.5, 0.6) is 0 Å². The van der Waals surface area contributed by atoms with Crippen LogP contribution in [-0.2, 0) is 16.0 Å². The Kier molecular flexibility index (Phi) is 9.75. The molecule has 1 heterocycles. The lowest BCUT2D eigenvalue weighted by Crippen LogP contribution is -2.50. The van der Waals surface area contributed by atoms with Gasteiger partial charge in [0.15, 0.2) is 0 Å². The number of aromatic nitrogens is 4. The van der Waals surface area contributed by atoms with Crippen molar-refractivity contribution >= 4 is 17.6 Å². The van der Waals surface area contributed by atoms with E-state index in [1.165, 1.54) is 7.11 Å². The molecular formula is C32H37N7O4. The summed E-state index contributed by atoms with van der Waals surface area (Å²) in [4.78, 5) is 25.1. The molecule has 1 amide bonds. The maximum absolute atomic E-state index is 13.3. The number of rotatable bonds is 11. The first-order valence-electron chi connectivity index (χ1n) is 14.5. The molecule has 6 N–H and O–H groups in total. The Balaban J connectivity index is 1.29. The topological polar surface area (TPSA) is 168 Å². The lowest BCUT2D eigenvalue weighted by atomic mass is 9.81. The Bertz CT molecular complexity index is 1470. The first kappa shape index (κ1) is 29.9. The molecule has 3 aromatic carbocycles. The number of aliphatic hydroxyl groups excluding tert-OH is 1. The van der Waals surface area contributed by atoms with Crippen LogP contribution in [0.3, 0.4) is 0 Å². The number of methoxy groups -OCH3 is 1. The third kappa shape index (κ3) is 7.62. The smallest absolute Gasteiger partial charge is 0.337 e. The summed E-state index contributed by atoms with van der Waals surface area (Å²) in [5.41, 5.74) is 10.7. The van der Waals surface area contributed by atoms with Crippen LogP contribution in [-0.4, -0.2) is 63.5 Å². The maximum atomic E-state index is 13.3. The summed E-state index contributed by atoms with van der Waals surface area (Å²) < 4.78 is 4.78. The molecule has 0 radical (unpaired) electrons. The van der Waals surface area contributed by atoms with Gasteiger partial charge in [0, 0.05) is 17.2 Å². The highest BCUT2D eigenvalue weighted by molar-refractivity contribution is 5.90. The highest BCUT2D eigenvalue weighted by Crippen LogP contribution is 2.29. The normalized spacial score (nSPS) is 17.9. The quantitative estimate of drug-likeness (QED) is 0.131. The molecule has 11 nitrogen and oxygen atoms in total. The van der Waals surface area contributed by atoms with E-state index in [1.54, 1.807) is 12.1 Å². The number of hydrogen-bond acceptors (Lipinski definition) is 9. The van der Waals surface area contributed by atoms with Gasteiger partial charge in [-0.3, -0.25) is 4.79 Å². The molecule has 2 unspecified atom stereocenters. The van der Waals surface area contributed by atoms with Crippen molar-refractivity contribution in [3.05, 3.63) is 83.9 Å². The summed E-state index contributed by atoms with van der Waals surface area (Å²) in [6.45, 7) is 0.649. The summed E-state index contributed by atoms with van der Waals surface area (Å²) in [7, 11) is 1.36. The molecule has 0 saturated heterocycles. The monoisotopic (exact) mass is 583 g/mol. The SMILES string of the molecule is COC(=O)c1ccc(-c2ccc(CC(NC(=O)C3CCC(CN)CC3)C(O)Nc3ccc(-c4nn[nH]n4)cc3)cc2)cc1. The molecule has 4 aromatic rings. The number of amides is 1. The molecule has 43 heavy (non-hydrogen) atoms. The Morgan fingerprint density at radius 1 is 0.953 bits per heavy atom. The zero-order valence-electron chi connectivity index (χ0n) is 24.1. The molecule has 1 aliphatic rings. The summed E-state index contributed by atoms with van der Waals surface area (Å²) in [5, 5.41) is 31.6.